The molecule has 112 valence electrons. The summed E-state index contributed by atoms with van der Waals surface area (Å²) < 4.78 is 38.7. The molecule has 1 atom stereocenters. The molecule has 1 heterocycles. The number of nitrogens with one attached hydrogen (secondary N) is 2. The molecule has 1 fully saturated rings. The highest BCUT2D eigenvalue weighted by molar-refractivity contribution is 6.31. The van der Waals surface area contributed by atoms with Crippen molar-refractivity contribution in [1.29, 1.82) is 0 Å². The molecule has 0 saturated heterocycles. The fourth-order valence-corrected chi connectivity index (χ4v) is 2.49. The Morgan fingerprint density at radius 2 is 2.19 bits per heavy atom. The van der Waals surface area contributed by atoms with Crippen LogP contribution in [0.2, 0.25) is 5.02 Å². The van der Waals surface area contributed by atoms with Gasteiger partial charge in [0, 0.05) is 30.1 Å². The molecule has 0 spiro atoms. The number of hydrogen-bond acceptors (Lipinski definition) is 1. The molecule has 0 bridgehead atoms. The first-order chi connectivity index (χ1) is 9.88. The van der Waals surface area contributed by atoms with E-state index in [1.807, 2.05) is 0 Å². The van der Waals surface area contributed by atoms with E-state index in [-0.39, 0.29) is 18.0 Å². The van der Waals surface area contributed by atoms with Gasteiger partial charge in [0.1, 0.15) is 11.7 Å². The summed E-state index contributed by atoms with van der Waals surface area (Å²) >= 11 is 5.74. The highest BCUT2D eigenvalue weighted by Crippen LogP contribution is 2.48. The fraction of sp³-hybridized carbons (Fsp3) is 0.357. The van der Waals surface area contributed by atoms with Crippen LogP contribution in [0, 0.1) is 11.7 Å². The van der Waals surface area contributed by atoms with Crippen molar-refractivity contribution < 1.29 is 18.0 Å². The second-order valence-electron chi connectivity index (χ2n) is 5.18. The number of alkyl halides is 2. The smallest absolute Gasteiger partial charge is 0.260 e. The second-order valence-corrected chi connectivity index (χ2v) is 5.59. The van der Waals surface area contributed by atoms with Gasteiger partial charge < -0.3 is 10.3 Å². The van der Waals surface area contributed by atoms with Crippen LogP contribution in [0.3, 0.4) is 0 Å². The predicted octanol–water partition coefficient (Wildman–Crippen LogP) is 3.27. The maximum absolute atomic E-state index is 13.3. The molecule has 1 aromatic carbocycles. The third-order valence-electron chi connectivity index (χ3n) is 3.64. The lowest BCUT2D eigenvalue weighted by molar-refractivity contribution is -0.124. The third kappa shape index (κ3) is 2.72. The molecule has 1 aromatic heterocycles. The summed E-state index contributed by atoms with van der Waals surface area (Å²) in [6, 6.07) is 2.80. The molecule has 7 heteroatoms. The van der Waals surface area contributed by atoms with Gasteiger partial charge in [-0.2, -0.15) is 0 Å². The van der Waals surface area contributed by atoms with E-state index < -0.39 is 23.6 Å². The number of rotatable bonds is 4. The maximum atomic E-state index is 13.3. The Labute approximate surface area is 123 Å². The minimum atomic E-state index is -2.85. The molecule has 1 saturated carbocycles. The quantitative estimate of drug-likeness (QED) is 0.893. The SMILES string of the molecule is O=C(NCCc1c[nH]c2cc(F)c(Cl)cc12)[C@H]1CC1(F)F. The van der Waals surface area contributed by atoms with Crippen LogP contribution in [-0.4, -0.2) is 23.4 Å². The van der Waals surface area contributed by atoms with Crippen LogP contribution in [0.25, 0.3) is 10.9 Å². The Bertz CT molecular complexity index is 714. The van der Waals surface area contributed by atoms with Crippen molar-refractivity contribution in [3.05, 3.63) is 34.7 Å². The molecule has 3 rings (SSSR count). The van der Waals surface area contributed by atoms with Gasteiger partial charge in [0.2, 0.25) is 5.91 Å². The van der Waals surface area contributed by atoms with Crippen LogP contribution in [0.1, 0.15) is 12.0 Å². The molecule has 3 nitrogen and oxygen atoms in total. The summed E-state index contributed by atoms with van der Waals surface area (Å²) in [6.07, 6.45) is 1.77. The van der Waals surface area contributed by atoms with Gasteiger partial charge in [-0.05, 0) is 24.1 Å². The zero-order chi connectivity index (χ0) is 15.2. The largest absolute Gasteiger partial charge is 0.361 e. The summed E-state index contributed by atoms with van der Waals surface area (Å²) in [4.78, 5) is 14.4. The van der Waals surface area contributed by atoms with E-state index in [0.29, 0.717) is 11.9 Å². The van der Waals surface area contributed by atoms with Crippen molar-refractivity contribution in [2.75, 3.05) is 6.54 Å². The average molecular weight is 317 g/mol. The van der Waals surface area contributed by atoms with Gasteiger partial charge in [-0.15, -0.1) is 0 Å². The summed E-state index contributed by atoms with van der Waals surface area (Å²) in [6.45, 7) is 0.243. The van der Waals surface area contributed by atoms with Crippen LogP contribution in [0.4, 0.5) is 13.2 Å². The van der Waals surface area contributed by atoms with Crippen molar-refractivity contribution in [3.8, 4) is 0 Å². The number of amides is 1. The molecule has 1 amide bonds. The number of hydrogen-bond donors (Lipinski definition) is 2. The Morgan fingerprint density at radius 1 is 1.48 bits per heavy atom. The summed E-state index contributed by atoms with van der Waals surface area (Å²) in [5.41, 5.74) is 1.45. The minimum absolute atomic E-state index is 0.0185. The molecule has 2 aromatic rings. The summed E-state index contributed by atoms with van der Waals surface area (Å²) in [5.74, 6) is -5.18. The lowest BCUT2D eigenvalue weighted by atomic mass is 10.1. The zero-order valence-electron chi connectivity index (χ0n) is 10.9. The number of aromatic amines is 1. The van der Waals surface area contributed by atoms with Crippen LogP contribution in [0.15, 0.2) is 18.3 Å². The van der Waals surface area contributed by atoms with E-state index in [4.69, 9.17) is 11.6 Å². The number of carbonyl (C=O) groups is 1. The van der Waals surface area contributed by atoms with Crippen molar-refractivity contribution in [1.82, 2.24) is 10.3 Å². The van der Waals surface area contributed by atoms with Gasteiger partial charge in [-0.25, -0.2) is 13.2 Å². The Morgan fingerprint density at radius 3 is 2.86 bits per heavy atom. The molecular formula is C14H12ClF3N2O. The van der Waals surface area contributed by atoms with E-state index in [0.717, 1.165) is 10.9 Å². The maximum Gasteiger partial charge on any atom is 0.260 e. The van der Waals surface area contributed by atoms with Crippen LogP contribution >= 0.6 is 11.6 Å². The van der Waals surface area contributed by atoms with Crippen molar-refractivity contribution in [2.45, 2.75) is 18.8 Å². The van der Waals surface area contributed by atoms with Crippen LogP contribution in [0.5, 0.6) is 0 Å². The topological polar surface area (TPSA) is 44.9 Å². The molecule has 1 aliphatic carbocycles. The standard InChI is InChI=1S/C14H12ClF3N2O/c15-10-3-8-7(6-20-12(8)4-11(10)16)1-2-19-13(21)9-5-14(9,17)18/h3-4,6,9,20H,1-2,5H2,(H,19,21)/t9-/m1/s1. The first-order valence-corrected chi connectivity index (χ1v) is 6.87. The van der Waals surface area contributed by atoms with E-state index >= 15 is 0 Å². The van der Waals surface area contributed by atoms with Gasteiger partial charge >= 0.3 is 0 Å². The average Bonchev–Trinajstić information content (AvgIpc) is 2.89. The number of fused-ring (bicyclic) bond motifs is 1. The molecule has 21 heavy (non-hydrogen) atoms. The lowest BCUT2D eigenvalue weighted by Crippen LogP contribution is -2.28. The van der Waals surface area contributed by atoms with E-state index in [2.05, 4.69) is 10.3 Å². The van der Waals surface area contributed by atoms with Crippen molar-refractivity contribution in [3.63, 3.8) is 0 Å². The van der Waals surface area contributed by atoms with Crippen molar-refractivity contribution >= 4 is 28.4 Å². The van der Waals surface area contributed by atoms with Crippen LogP contribution in [-0.2, 0) is 11.2 Å². The Balaban J connectivity index is 1.63. The van der Waals surface area contributed by atoms with Gasteiger partial charge in [0.05, 0.1) is 5.02 Å². The van der Waals surface area contributed by atoms with E-state index in [1.165, 1.54) is 12.1 Å². The Hall–Kier alpha value is -1.69. The molecule has 0 aliphatic heterocycles. The molecule has 0 radical (unpaired) electrons. The van der Waals surface area contributed by atoms with Crippen LogP contribution < -0.4 is 5.32 Å². The predicted molar refractivity (Wildman–Crippen MR) is 73.0 cm³/mol. The van der Waals surface area contributed by atoms with Gasteiger partial charge in [-0.1, -0.05) is 11.6 Å². The number of halogens is 4. The molecule has 2 N–H and O–H groups in total. The highest BCUT2D eigenvalue weighted by atomic mass is 35.5. The zero-order valence-corrected chi connectivity index (χ0v) is 11.6. The van der Waals surface area contributed by atoms with E-state index in [1.54, 1.807) is 6.20 Å². The number of carbonyl (C=O) groups excluding carboxylic acids is 1. The first-order valence-electron chi connectivity index (χ1n) is 6.49. The first kappa shape index (κ1) is 14.3. The van der Waals surface area contributed by atoms with Gasteiger partial charge in [0.15, 0.2) is 0 Å². The van der Waals surface area contributed by atoms with Gasteiger partial charge in [0.25, 0.3) is 5.92 Å². The number of aromatic nitrogens is 1. The van der Waals surface area contributed by atoms with E-state index in [9.17, 15) is 18.0 Å². The molecule has 1 aliphatic rings. The second kappa shape index (κ2) is 4.94. The van der Waals surface area contributed by atoms with Gasteiger partial charge in [-0.3, -0.25) is 4.79 Å². The number of H-pyrrole nitrogens is 1. The summed E-state index contributed by atoms with van der Waals surface area (Å²) in [7, 11) is 0. The van der Waals surface area contributed by atoms with Crippen molar-refractivity contribution in [2.24, 2.45) is 5.92 Å². The molecular weight excluding hydrogens is 305 g/mol. The third-order valence-corrected chi connectivity index (χ3v) is 3.93. The summed E-state index contributed by atoms with van der Waals surface area (Å²) in [5, 5.41) is 3.26. The number of benzene rings is 1. The normalized spacial score (nSPS) is 19.7. The minimum Gasteiger partial charge on any atom is -0.361 e. The monoisotopic (exact) mass is 316 g/mol. The Kier molecular flexibility index (Phi) is 3.36. The lowest BCUT2D eigenvalue weighted by Gasteiger charge is -2.04. The molecule has 0 unspecified atom stereocenters. The fourth-order valence-electron chi connectivity index (χ4n) is 2.32. The highest BCUT2D eigenvalue weighted by Gasteiger charge is 2.61.